The van der Waals surface area contributed by atoms with Crippen LogP contribution in [0.1, 0.15) is 18.9 Å². The van der Waals surface area contributed by atoms with Crippen molar-refractivity contribution in [1.29, 1.82) is 0 Å². The highest BCUT2D eigenvalue weighted by atomic mass is 16.5. The van der Waals surface area contributed by atoms with E-state index in [0.29, 0.717) is 0 Å². The summed E-state index contributed by atoms with van der Waals surface area (Å²) in [4.78, 5) is 7.19. The molecule has 0 N–H and O–H groups in total. The standard InChI is InChI=1S/C20H25N5O/c1-3-24-19-7-5-4-6-18(19)22-20(24)25-15-17(14-21-25)16-8-10-23(11-9-16)12-13-26-2/h4-8,14-15H,3,9-13H2,1-2H3. The Morgan fingerprint density at radius 2 is 2.12 bits per heavy atom. The zero-order valence-corrected chi connectivity index (χ0v) is 15.4. The molecule has 3 heterocycles. The second-order valence-corrected chi connectivity index (χ2v) is 6.59. The van der Waals surface area contributed by atoms with Crippen LogP contribution in [0.2, 0.25) is 0 Å². The topological polar surface area (TPSA) is 48.1 Å². The van der Waals surface area contributed by atoms with Crippen LogP contribution in [-0.2, 0) is 11.3 Å². The van der Waals surface area contributed by atoms with Crippen molar-refractivity contribution < 1.29 is 4.74 Å². The van der Waals surface area contributed by atoms with Crippen LogP contribution >= 0.6 is 0 Å². The molecule has 0 fully saturated rings. The fraction of sp³-hybridized carbons (Fsp3) is 0.400. The summed E-state index contributed by atoms with van der Waals surface area (Å²) in [6.07, 6.45) is 7.41. The highest BCUT2D eigenvalue weighted by Crippen LogP contribution is 2.24. The first-order valence-electron chi connectivity index (χ1n) is 9.21. The van der Waals surface area contributed by atoms with Gasteiger partial charge in [0.25, 0.3) is 0 Å². The number of nitrogens with zero attached hydrogens (tertiary/aromatic N) is 5. The zero-order chi connectivity index (χ0) is 17.9. The van der Waals surface area contributed by atoms with Gasteiger partial charge < -0.3 is 9.30 Å². The summed E-state index contributed by atoms with van der Waals surface area (Å²) in [6, 6.07) is 8.23. The van der Waals surface area contributed by atoms with Gasteiger partial charge in [-0.2, -0.15) is 5.10 Å². The molecule has 0 saturated heterocycles. The van der Waals surface area contributed by atoms with E-state index in [1.165, 1.54) is 11.1 Å². The van der Waals surface area contributed by atoms with Gasteiger partial charge >= 0.3 is 0 Å². The van der Waals surface area contributed by atoms with Crippen molar-refractivity contribution in [2.75, 3.05) is 33.4 Å². The highest BCUT2D eigenvalue weighted by molar-refractivity contribution is 5.77. The molecule has 1 aliphatic rings. The van der Waals surface area contributed by atoms with Crippen LogP contribution in [0.3, 0.4) is 0 Å². The molecule has 4 rings (SSSR count). The normalized spacial score (nSPS) is 15.5. The fourth-order valence-electron chi connectivity index (χ4n) is 3.54. The number of methoxy groups -OCH3 is 1. The van der Waals surface area contributed by atoms with Crippen molar-refractivity contribution in [3.63, 3.8) is 0 Å². The van der Waals surface area contributed by atoms with Crippen LogP contribution in [0, 0.1) is 0 Å². The molecule has 1 aliphatic heterocycles. The van der Waals surface area contributed by atoms with Crippen LogP contribution in [0.5, 0.6) is 0 Å². The Balaban J connectivity index is 1.58. The van der Waals surface area contributed by atoms with Crippen molar-refractivity contribution in [2.45, 2.75) is 19.9 Å². The number of hydrogen-bond acceptors (Lipinski definition) is 4. The predicted molar refractivity (Wildman–Crippen MR) is 103 cm³/mol. The molecule has 3 aromatic rings. The van der Waals surface area contributed by atoms with Gasteiger partial charge in [-0.05, 0) is 31.1 Å². The molecule has 2 aromatic heterocycles. The van der Waals surface area contributed by atoms with Gasteiger partial charge in [0.2, 0.25) is 5.95 Å². The minimum Gasteiger partial charge on any atom is -0.383 e. The lowest BCUT2D eigenvalue weighted by Crippen LogP contribution is -2.31. The smallest absolute Gasteiger partial charge is 0.231 e. The second-order valence-electron chi connectivity index (χ2n) is 6.59. The minimum atomic E-state index is 0.786. The maximum Gasteiger partial charge on any atom is 0.231 e. The first kappa shape index (κ1) is 17.0. The number of para-hydroxylation sites is 2. The molecule has 0 atom stereocenters. The van der Waals surface area contributed by atoms with Crippen LogP contribution in [-0.4, -0.2) is 57.6 Å². The molecule has 6 heteroatoms. The molecule has 0 bridgehead atoms. The lowest BCUT2D eigenvalue weighted by atomic mass is 10.0. The van der Waals surface area contributed by atoms with Gasteiger partial charge in [0.1, 0.15) is 0 Å². The van der Waals surface area contributed by atoms with Crippen LogP contribution < -0.4 is 0 Å². The molecule has 0 aliphatic carbocycles. The number of rotatable bonds is 6. The van der Waals surface area contributed by atoms with Gasteiger partial charge in [-0.15, -0.1) is 0 Å². The van der Waals surface area contributed by atoms with E-state index in [9.17, 15) is 0 Å². The average molecular weight is 351 g/mol. The third-order valence-electron chi connectivity index (χ3n) is 5.01. The molecule has 0 amide bonds. The van der Waals surface area contributed by atoms with Gasteiger partial charge in [-0.25, -0.2) is 9.67 Å². The van der Waals surface area contributed by atoms with E-state index in [2.05, 4.69) is 45.9 Å². The molecule has 6 nitrogen and oxygen atoms in total. The Morgan fingerprint density at radius 1 is 1.23 bits per heavy atom. The highest BCUT2D eigenvalue weighted by Gasteiger charge is 2.16. The van der Waals surface area contributed by atoms with E-state index in [0.717, 1.165) is 56.2 Å². The lowest BCUT2D eigenvalue weighted by molar-refractivity contribution is 0.154. The zero-order valence-electron chi connectivity index (χ0n) is 15.4. The third kappa shape index (κ3) is 3.18. The summed E-state index contributed by atoms with van der Waals surface area (Å²) in [7, 11) is 1.75. The molecule has 0 spiro atoms. The van der Waals surface area contributed by atoms with Crippen LogP contribution in [0.15, 0.2) is 42.7 Å². The molecule has 1 aromatic carbocycles. The number of ether oxygens (including phenoxy) is 1. The van der Waals surface area contributed by atoms with E-state index >= 15 is 0 Å². The van der Waals surface area contributed by atoms with Crippen molar-refractivity contribution in [2.24, 2.45) is 0 Å². The number of fused-ring (bicyclic) bond motifs is 1. The molecule has 136 valence electrons. The van der Waals surface area contributed by atoms with Gasteiger partial charge in [0, 0.05) is 45.0 Å². The van der Waals surface area contributed by atoms with Crippen molar-refractivity contribution in [3.05, 3.63) is 48.3 Å². The van der Waals surface area contributed by atoms with Crippen LogP contribution in [0.4, 0.5) is 0 Å². The molecular formula is C20H25N5O. The van der Waals surface area contributed by atoms with E-state index in [1.807, 2.05) is 23.0 Å². The Labute approximate surface area is 153 Å². The van der Waals surface area contributed by atoms with E-state index in [4.69, 9.17) is 9.72 Å². The molecule has 0 unspecified atom stereocenters. The van der Waals surface area contributed by atoms with Crippen molar-refractivity contribution in [1.82, 2.24) is 24.2 Å². The van der Waals surface area contributed by atoms with E-state index in [1.54, 1.807) is 7.11 Å². The monoisotopic (exact) mass is 351 g/mol. The Morgan fingerprint density at radius 3 is 2.88 bits per heavy atom. The summed E-state index contributed by atoms with van der Waals surface area (Å²) in [5.41, 5.74) is 4.70. The van der Waals surface area contributed by atoms with Gasteiger partial charge in [0.05, 0.1) is 23.8 Å². The average Bonchev–Trinajstić information content (AvgIpc) is 3.31. The Kier molecular flexibility index (Phi) is 4.86. The van der Waals surface area contributed by atoms with E-state index < -0.39 is 0 Å². The Hall–Kier alpha value is -2.44. The third-order valence-corrected chi connectivity index (χ3v) is 5.01. The van der Waals surface area contributed by atoms with Gasteiger partial charge in [-0.3, -0.25) is 4.90 Å². The summed E-state index contributed by atoms with van der Waals surface area (Å²) in [6.45, 7) is 6.81. The van der Waals surface area contributed by atoms with Crippen molar-refractivity contribution in [3.8, 4) is 5.95 Å². The number of benzene rings is 1. The number of hydrogen-bond donors (Lipinski definition) is 0. The summed E-state index contributed by atoms with van der Waals surface area (Å²) < 4.78 is 9.27. The first-order chi connectivity index (χ1) is 12.8. The SMILES string of the molecule is CCn1c(-n2cc(C3=CCN(CCOC)CC3)cn2)nc2ccccc21. The number of aromatic nitrogens is 4. The fourth-order valence-corrected chi connectivity index (χ4v) is 3.54. The van der Waals surface area contributed by atoms with Gasteiger partial charge in [-0.1, -0.05) is 18.2 Å². The summed E-state index contributed by atoms with van der Waals surface area (Å²) >= 11 is 0. The van der Waals surface area contributed by atoms with Gasteiger partial charge in [0.15, 0.2) is 0 Å². The molecule has 26 heavy (non-hydrogen) atoms. The first-order valence-corrected chi connectivity index (χ1v) is 9.21. The maximum atomic E-state index is 5.17. The number of imidazole rings is 1. The molecule has 0 radical (unpaired) electrons. The molecular weight excluding hydrogens is 326 g/mol. The van der Waals surface area contributed by atoms with Crippen molar-refractivity contribution >= 4 is 16.6 Å². The Bertz CT molecular complexity index is 923. The number of aryl methyl sites for hydroxylation is 1. The van der Waals surface area contributed by atoms with Crippen LogP contribution in [0.25, 0.3) is 22.6 Å². The molecule has 0 saturated carbocycles. The summed E-state index contributed by atoms with van der Waals surface area (Å²) in [5.74, 6) is 0.873. The van der Waals surface area contributed by atoms with E-state index in [-0.39, 0.29) is 0 Å². The minimum absolute atomic E-state index is 0.786. The summed E-state index contributed by atoms with van der Waals surface area (Å²) in [5, 5.41) is 4.59. The quantitative estimate of drug-likeness (QED) is 0.685. The predicted octanol–water partition coefficient (Wildman–Crippen LogP) is 2.98. The largest absolute Gasteiger partial charge is 0.383 e. The maximum absolute atomic E-state index is 5.17. The second kappa shape index (κ2) is 7.43. The lowest BCUT2D eigenvalue weighted by Gasteiger charge is -2.25.